The SMILES string of the molecule is CCCc1cc(N2CCC(N)C2)nc(C2(N)C=C(C(F)(F)F)C=C(N)C2)n1. The zero-order chi connectivity index (χ0) is 19.8. The van der Waals surface area contributed by atoms with Crippen molar-refractivity contribution in [1.82, 2.24) is 9.97 Å². The zero-order valence-electron chi connectivity index (χ0n) is 15.3. The molecule has 27 heavy (non-hydrogen) atoms. The molecule has 2 atom stereocenters. The van der Waals surface area contributed by atoms with Crippen LogP contribution in [0.3, 0.4) is 0 Å². The Morgan fingerprint density at radius 2 is 2.07 bits per heavy atom. The van der Waals surface area contributed by atoms with Crippen molar-refractivity contribution < 1.29 is 13.2 Å². The van der Waals surface area contributed by atoms with Crippen LogP contribution < -0.4 is 22.1 Å². The largest absolute Gasteiger partial charge is 0.416 e. The van der Waals surface area contributed by atoms with E-state index in [0.717, 1.165) is 37.2 Å². The molecule has 0 bridgehead atoms. The lowest BCUT2D eigenvalue weighted by atomic mass is 9.86. The van der Waals surface area contributed by atoms with Crippen LogP contribution >= 0.6 is 0 Å². The van der Waals surface area contributed by atoms with Crippen molar-refractivity contribution in [1.29, 1.82) is 0 Å². The number of hydrogen-bond acceptors (Lipinski definition) is 6. The molecule has 0 aromatic carbocycles. The Morgan fingerprint density at radius 1 is 1.33 bits per heavy atom. The fourth-order valence-corrected chi connectivity index (χ4v) is 3.50. The number of alkyl halides is 3. The van der Waals surface area contributed by atoms with Crippen molar-refractivity contribution in [2.75, 3.05) is 18.0 Å². The van der Waals surface area contributed by atoms with Crippen LogP contribution in [0.1, 0.15) is 37.7 Å². The first kappa shape index (κ1) is 19.6. The maximum atomic E-state index is 13.3. The molecule has 1 aliphatic heterocycles. The fourth-order valence-electron chi connectivity index (χ4n) is 3.50. The van der Waals surface area contributed by atoms with Gasteiger partial charge in [-0.1, -0.05) is 13.3 Å². The highest BCUT2D eigenvalue weighted by Gasteiger charge is 2.41. The van der Waals surface area contributed by atoms with E-state index >= 15 is 0 Å². The maximum absolute atomic E-state index is 13.3. The van der Waals surface area contributed by atoms with Gasteiger partial charge in [-0.05, 0) is 25.0 Å². The number of rotatable bonds is 4. The number of nitrogens with two attached hydrogens (primary N) is 3. The minimum atomic E-state index is -4.54. The molecule has 2 aliphatic rings. The smallest absolute Gasteiger partial charge is 0.402 e. The molecule has 1 aliphatic carbocycles. The van der Waals surface area contributed by atoms with Crippen LogP contribution in [0.5, 0.6) is 0 Å². The summed E-state index contributed by atoms with van der Waals surface area (Å²) in [5.41, 5.74) is 16.5. The van der Waals surface area contributed by atoms with Gasteiger partial charge in [0.05, 0.1) is 5.57 Å². The summed E-state index contributed by atoms with van der Waals surface area (Å²) in [6.45, 7) is 3.39. The van der Waals surface area contributed by atoms with Gasteiger partial charge in [0.25, 0.3) is 0 Å². The highest BCUT2D eigenvalue weighted by Crippen LogP contribution is 2.37. The molecule has 2 unspecified atom stereocenters. The normalized spacial score (nSPS) is 26.1. The predicted octanol–water partition coefficient (Wildman–Crippen LogP) is 1.86. The summed E-state index contributed by atoms with van der Waals surface area (Å²) < 4.78 is 39.8. The van der Waals surface area contributed by atoms with Crippen LogP contribution in [0.2, 0.25) is 0 Å². The molecule has 0 radical (unpaired) electrons. The summed E-state index contributed by atoms with van der Waals surface area (Å²) in [5.74, 6) is 0.804. The van der Waals surface area contributed by atoms with Gasteiger partial charge >= 0.3 is 6.18 Å². The van der Waals surface area contributed by atoms with E-state index in [2.05, 4.69) is 9.97 Å². The molecule has 6 nitrogen and oxygen atoms in total. The van der Waals surface area contributed by atoms with Crippen LogP contribution in [0.25, 0.3) is 0 Å². The van der Waals surface area contributed by atoms with Gasteiger partial charge < -0.3 is 22.1 Å². The molecule has 1 aromatic rings. The molecule has 148 valence electrons. The number of aryl methyl sites for hydroxylation is 1. The van der Waals surface area contributed by atoms with E-state index in [4.69, 9.17) is 17.2 Å². The van der Waals surface area contributed by atoms with Gasteiger partial charge in [0.15, 0.2) is 5.82 Å². The molecular weight excluding hydrogens is 357 g/mol. The minimum absolute atomic E-state index is 0.0289. The summed E-state index contributed by atoms with van der Waals surface area (Å²) in [7, 11) is 0. The lowest BCUT2D eigenvalue weighted by molar-refractivity contribution is -0.0892. The molecule has 0 amide bonds. The number of hydrogen-bond donors (Lipinski definition) is 3. The van der Waals surface area contributed by atoms with E-state index in [9.17, 15) is 13.2 Å². The second-order valence-corrected chi connectivity index (χ2v) is 7.32. The fraction of sp³-hybridized carbons (Fsp3) is 0.556. The maximum Gasteiger partial charge on any atom is 0.416 e. The van der Waals surface area contributed by atoms with Crippen molar-refractivity contribution >= 4 is 5.82 Å². The molecular formula is C18H25F3N6. The summed E-state index contributed by atoms with van der Waals surface area (Å²) in [5, 5.41) is 0. The van der Waals surface area contributed by atoms with Gasteiger partial charge in [0.2, 0.25) is 0 Å². The van der Waals surface area contributed by atoms with Crippen LogP contribution in [0, 0.1) is 0 Å². The molecule has 1 fully saturated rings. The molecule has 0 saturated carbocycles. The van der Waals surface area contributed by atoms with Crippen LogP contribution in [-0.2, 0) is 12.0 Å². The second-order valence-electron chi connectivity index (χ2n) is 7.32. The number of halogens is 3. The Hall–Kier alpha value is -2.13. The number of aromatic nitrogens is 2. The molecule has 3 rings (SSSR count). The van der Waals surface area contributed by atoms with Crippen molar-refractivity contribution in [2.45, 2.75) is 50.4 Å². The quantitative estimate of drug-likeness (QED) is 0.734. The third-order valence-corrected chi connectivity index (χ3v) is 4.81. The second kappa shape index (κ2) is 7.12. The summed E-state index contributed by atoms with van der Waals surface area (Å²) >= 11 is 0. The van der Waals surface area contributed by atoms with Crippen molar-refractivity contribution in [2.24, 2.45) is 17.2 Å². The van der Waals surface area contributed by atoms with Gasteiger partial charge in [0, 0.05) is 43.0 Å². The van der Waals surface area contributed by atoms with Gasteiger partial charge in [-0.2, -0.15) is 13.2 Å². The van der Waals surface area contributed by atoms with Crippen molar-refractivity contribution in [3.63, 3.8) is 0 Å². The Morgan fingerprint density at radius 3 is 2.67 bits per heavy atom. The van der Waals surface area contributed by atoms with Crippen LogP contribution in [-0.4, -0.2) is 35.3 Å². The topological polar surface area (TPSA) is 107 Å². The van der Waals surface area contributed by atoms with Crippen LogP contribution in [0.15, 0.2) is 29.5 Å². The zero-order valence-corrected chi connectivity index (χ0v) is 15.3. The Labute approximate surface area is 156 Å². The third-order valence-electron chi connectivity index (χ3n) is 4.81. The van der Waals surface area contributed by atoms with Gasteiger partial charge in [0.1, 0.15) is 11.4 Å². The first-order chi connectivity index (χ1) is 12.6. The lowest BCUT2D eigenvalue weighted by Crippen LogP contribution is -2.41. The van der Waals surface area contributed by atoms with E-state index in [1.165, 1.54) is 0 Å². The van der Waals surface area contributed by atoms with E-state index in [0.29, 0.717) is 18.8 Å². The number of allylic oxidation sites excluding steroid dienone is 2. The summed E-state index contributed by atoms with van der Waals surface area (Å²) in [4.78, 5) is 11.0. The molecule has 1 aromatic heterocycles. The van der Waals surface area contributed by atoms with Gasteiger partial charge in [-0.3, -0.25) is 0 Å². The van der Waals surface area contributed by atoms with Crippen LogP contribution in [0.4, 0.5) is 19.0 Å². The van der Waals surface area contributed by atoms with Gasteiger partial charge in [-0.25, -0.2) is 9.97 Å². The van der Waals surface area contributed by atoms with Gasteiger partial charge in [-0.15, -0.1) is 0 Å². The first-order valence-corrected chi connectivity index (χ1v) is 9.04. The van der Waals surface area contributed by atoms with Crippen molar-refractivity contribution in [3.8, 4) is 0 Å². The summed E-state index contributed by atoms with van der Waals surface area (Å²) in [6.07, 6.45) is -0.250. The first-order valence-electron chi connectivity index (χ1n) is 9.04. The van der Waals surface area contributed by atoms with Crippen molar-refractivity contribution in [3.05, 3.63) is 41.0 Å². The predicted molar refractivity (Wildman–Crippen MR) is 97.7 cm³/mol. The molecule has 9 heteroatoms. The third kappa shape index (κ3) is 4.24. The standard InChI is InChI=1S/C18H25F3N6/c1-2-3-14-7-15(27-5-4-12(22)10-27)26-16(25-14)17(24)8-11(18(19,20)21)6-13(23)9-17/h6-8,12H,2-5,9-10,22-24H2,1H3. The highest BCUT2D eigenvalue weighted by atomic mass is 19.4. The Kier molecular flexibility index (Phi) is 5.18. The highest BCUT2D eigenvalue weighted by molar-refractivity contribution is 5.45. The van der Waals surface area contributed by atoms with E-state index < -0.39 is 17.3 Å². The molecule has 0 spiro atoms. The lowest BCUT2D eigenvalue weighted by Gasteiger charge is -2.31. The molecule has 1 saturated heterocycles. The number of nitrogens with zero attached hydrogens (tertiary/aromatic N) is 3. The Balaban J connectivity index is 2.05. The van der Waals surface area contributed by atoms with E-state index in [-0.39, 0.29) is 24.0 Å². The molecule has 2 heterocycles. The van der Waals surface area contributed by atoms with E-state index in [1.54, 1.807) is 0 Å². The Bertz CT molecular complexity index is 773. The van der Waals surface area contributed by atoms with E-state index in [1.807, 2.05) is 17.9 Å². The minimum Gasteiger partial charge on any atom is -0.402 e. The number of anilines is 1. The average Bonchev–Trinajstić information content (AvgIpc) is 3.00. The summed E-state index contributed by atoms with van der Waals surface area (Å²) in [6, 6.07) is 1.92. The molecule has 6 N–H and O–H groups in total. The monoisotopic (exact) mass is 382 g/mol. The average molecular weight is 382 g/mol.